The third-order valence-corrected chi connectivity index (χ3v) is 4.64. The summed E-state index contributed by atoms with van der Waals surface area (Å²) in [4.78, 5) is 9.34. The molecule has 1 aliphatic rings. The molecule has 2 rings (SSSR count). The summed E-state index contributed by atoms with van der Waals surface area (Å²) >= 11 is 6.39. The molecule has 106 valence electrons. The molecule has 0 unspecified atom stereocenters. The standard InChI is InChI=1S/C15H23ClN2O/c1-4-15(5-2,19-3)14-17-12-10-8-6-7-9-11(12)13(16)18-14/h4-10H2,1-3H3. The van der Waals surface area contributed by atoms with Crippen LogP contribution in [0.3, 0.4) is 0 Å². The molecule has 0 aromatic carbocycles. The van der Waals surface area contributed by atoms with Crippen molar-refractivity contribution in [2.24, 2.45) is 0 Å². The zero-order valence-electron chi connectivity index (χ0n) is 12.1. The number of halogens is 1. The van der Waals surface area contributed by atoms with Gasteiger partial charge in [-0.25, -0.2) is 9.97 Å². The van der Waals surface area contributed by atoms with Crippen LogP contribution in [-0.2, 0) is 23.2 Å². The average molecular weight is 283 g/mol. The summed E-state index contributed by atoms with van der Waals surface area (Å²) in [7, 11) is 1.73. The number of hydrogen-bond acceptors (Lipinski definition) is 3. The van der Waals surface area contributed by atoms with Crippen LogP contribution < -0.4 is 0 Å². The van der Waals surface area contributed by atoms with E-state index in [4.69, 9.17) is 21.3 Å². The fourth-order valence-electron chi connectivity index (χ4n) is 2.88. The largest absolute Gasteiger partial charge is 0.370 e. The first kappa shape index (κ1) is 14.7. The van der Waals surface area contributed by atoms with Crippen LogP contribution in [0.25, 0.3) is 0 Å². The SMILES string of the molecule is CCC(CC)(OC)c1nc(Cl)c2c(n1)CCCCC2. The van der Waals surface area contributed by atoms with E-state index < -0.39 is 5.60 Å². The van der Waals surface area contributed by atoms with Crippen LogP contribution in [0, 0.1) is 0 Å². The van der Waals surface area contributed by atoms with Crippen LogP contribution in [0.5, 0.6) is 0 Å². The van der Waals surface area contributed by atoms with Gasteiger partial charge in [0.05, 0.1) is 0 Å². The molecule has 0 amide bonds. The van der Waals surface area contributed by atoms with Crippen molar-refractivity contribution in [3.8, 4) is 0 Å². The maximum Gasteiger partial charge on any atom is 0.162 e. The zero-order chi connectivity index (χ0) is 13.9. The Kier molecular flexibility index (Phi) is 4.80. The minimum atomic E-state index is -0.398. The van der Waals surface area contributed by atoms with E-state index in [1.807, 2.05) is 0 Å². The lowest BCUT2D eigenvalue weighted by atomic mass is 9.95. The summed E-state index contributed by atoms with van der Waals surface area (Å²) in [6, 6.07) is 0. The lowest BCUT2D eigenvalue weighted by Gasteiger charge is -2.29. The quantitative estimate of drug-likeness (QED) is 0.617. The Morgan fingerprint density at radius 1 is 1.11 bits per heavy atom. The first-order valence-electron chi connectivity index (χ1n) is 7.27. The molecule has 0 bridgehead atoms. The van der Waals surface area contributed by atoms with E-state index >= 15 is 0 Å². The molecule has 1 aromatic rings. The van der Waals surface area contributed by atoms with Gasteiger partial charge in [0.15, 0.2) is 5.82 Å². The van der Waals surface area contributed by atoms with Gasteiger partial charge in [0, 0.05) is 18.4 Å². The van der Waals surface area contributed by atoms with E-state index in [1.165, 1.54) is 19.3 Å². The van der Waals surface area contributed by atoms with Gasteiger partial charge in [-0.05, 0) is 38.5 Å². The Bertz CT molecular complexity index is 436. The summed E-state index contributed by atoms with van der Waals surface area (Å²) < 4.78 is 5.72. The van der Waals surface area contributed by atoms with Crippen LogP contribution in [0.2, 0.25) is 5.15 Å². The molecule has 0 saturated carbocycles. The van der Waals surface area contributed by atoms with Gasteiger partial charge < -0.3 is 4.74 Å². The van der Waals surface area contributed by atoms with Gasteiger partial charge in [-0.2, -0.15) is 0 Å². The Balaban J connectivity index is 2.48. The predicted octanol–water partition coefficient (Wildman–Crippen LogP) is 4.06. The summed E-state index contributed by atoms with van der Waals surface area (Å²) in [5, 5.41) is 0.630. The van der Waals surface area contributed by atoms with Crippen LogP contribution in [0.1, 0.15) is 63.0 Å². The molecule has 1 aliphatic carbocycles. The first-order chi connectivity index (χ1) is 9.16. The number of rotatable bonds is 4. The predicted molar refractivity (Wildman–Crippen MR) is 77.6 cm³/mol. The molecule has 0 atom stereocenters. The molecule has 3 nitrogen and oxygen atoms in total. The summed E-state index contributed by atoms with van der Waals surface area (Å²) in [6.07, 6.45) is 7.36. The first-order valence-corrected chi connectivity index (χ1v) is 7.65. The Hall–Kier alpha value is -0.670. The number of ether oxygens (including phenoxy) is 1. The molecule has 4 heteroatoms. The number of fused-ring (bicyclic) bond motifs is 1. The van der Waals surface area contributed by atoms with Gasteiger partial charge in [-0.1, -0.05) is 31.9 Å². The number of methoxy groups -OCH3 is 1. The number of aryl methyl sites for hydroxylation is 1. The minimum absolute atomic E-state index is 0.398. The number of hydrogen-bond donors (Lipinski definition) is 0. The second-order valence-electron chi connectivity index (χ2n) is 5.23. The fraction of sp³-hybridized carbons (Fsp3) is 0.733. The normalized spacial score (nSPS) is 16.0. The van der Waals surface area contributed by atoms with Crippen molar-refractivity contribution in [1.82, 2.24) is 9.97 Å². The molecule has 0 fully saturated rings. The molecule has 19 heavy (non-hydrogen) atoms. The second-order valence-corrected chi connectivity index (χ2v) is 5.59. The Morgan fingerprint density at radius 3 is 2.42 bits per heavy atom. The minimum Gasteiger partial charge on any atom is -0.370 e. The van der Waals surface area contributed by atoms with Crippen molar-refractivity contribution >= 4 is 11.6 Å². The second kappa shape index (κ2) is 6.19. The van der Waals surface area contributed by atoms with E-state index in [1.54, 1.807) is 7.11 Å². The van der Waals surface area contributed by atoms with Gasteiger partial charge >= 0.3 is 0 Å². The highest BCUT2D eigenvalue weighted by Crippen LogP contribution is 2.33. The van der Waals surface area contributed by atoms with Crippen molar-refractivity contribution in [2.45, 2.75) is 64.4 Å². The Labute approximate surface area is 120 Å². The van der Waals surface area contributed by atoms with Gasteiger partial charge in [0.25, 0.3) is 0 Å². The van der Waals surface area contributed by atoms with Crippen molar-refractivity contribution < 1.29 is 4.74 Å². The van der Waals surface area contributed by atoms with E-state index in [2.05, 4.69) is 18.8 Å². The smallest absolute Gasteiger partial charge is 0.162 e. The molecule has 1 heterocycles. The maximum atomic E-state index is 6.39. The van der Waals surface area contributed by atoms with Gasteiger partial charge in [-0.15, -0.1) is 0 Å². The topological polar surface area (TPSA) is 35.0 Å². The van der Waals surface area contributed by atoms with E-state index in [9.17, 15) is 0 Å². The van der Waals surface area contributed by atoms with E-state index in [0.717, 1.165) is 42.8 Å². The summed E-state index contributed by atoms with van der Waals surface area (Å²) in [5.74, 6) is 0.755. The summed E-state index contributed by atoms with van der Waals surface area (Å²) in [5.41, 5.74) is 1.89. The highest BCUT2D eigenvalue weighted by atomic mass is 35.5. The van der Waals surface area contributed by atoms with Crippen molar-refractivity contribution in [3.63, 3.8) is 0 Å². The average Bonchev–Trinajstić information content (AvgIpc) is 2.67. The fourth-order valence-corrected chi connectivity index (χ4v) is 3.16. The molecule has 0 saturated heterocycles. The Morgan fingerprint density at radius 2 is 1.79 bits per heavy atom. The molecule has 0 N–H and O–H groups in total. The van der Waals surface area contributed by atoms with Crippen LogP contribution in [0.15, 0.2) is 0 Å². The van der Waals surface area contributed by atoms with Crippen LogP contribution >= 0.6 is 11.6 Å². The van der Waals surface area contributed by atoms with Crippen molar-refractivity contribution in [1.29, 1.82) is 0 Å². The van der Waals surface area contributed by atoms with Crippen molar-refractivity contribution in [2.75, 3.05) is 7.11 Å². The molecular formula is C15H23ClN2O. The lowest BCUT2D eigenvalue weighted by molar-refractivity contribution is -0.0293. The van der Waals surface area contributed by atoms with Gasteiger partial charge in [0.1, 0.15) is 10.8 Å². The maximum absolute atomic E-state index is 6.39. The number of nitrogens with zero attached hydrogens (tertiary/aromatic N) is 2. The van der Waals surface area contributed by atoms with Crippen molar-refractivity contribution in [3.05, 3.63) is 22.2 Å². The van der Waals surface area contributed by atoms with Gasteiger partial charge in [-0.3, -0.25) is 0 Å². The monoisotopic (exact) mass is 282 g/mol. The van der Waals surface area contributed by atoms with Crippen LogP contribution in [0.4, 0.5) is 0 Å². The number of aromatic nitrogens is 2. The van der Waals surface area contributed by atoms with Gasteiger partial charge in [0.2, 0.25) is 0 Å². The molecule has 0 aliphatic heterocycles. The highest BCUT2D eigenvalue weighted by Gasteiger charge is 2.33. The lowest BCUT2D eigenvalue weighted by Crippen LogP contribution is -2.30. The van der Waals surface area contributed by atoms with Crippen LogP contribution in [-0.4, -0.2) is 17.1 Å². The third-order valence-electron chi connectivity index (χ3n) is 4.32. The molecule has 0 radical (unpaired) electrons. The van der Waals surface area contributed by atoms with E-state index in [0.29, 0.717) is 5.15 Å². The van der Waals surface area contributed by atoms with E-state index in [-0.39, 0.29) is 0 Å². The summed E-state index contributed by atoms with van der Waals surface area (Å²) in [6.45, 7) is 4.21. The molecular weight excluding hydrogens is 260 g/mol. The third kappa shape index (κ3) is 2.77. The highest BCUT2D eigenvalue weighted by molar-refractivity contribution is 6.30. The molecule has 1 aromatic heterocycles. The zero-order valence-corrected chi connectivity index (χ0v) is 12.9. The molecule has 0 spiro atoms.